The molecule has 0 aliphatic heterocycles. The van der Waals surface area contributed by atoms with E-state index >= 15 is 0 Å². The lowest BCUT2D eigenvalue weighted by Gasteiger charge is -2.19. The second-order valence-corrected chi connectivity index (χ2v) is 5.13. The van der Waals surface area contributed by atoms with Crippen LogP contribution in [0.3, 0.4) is 0 Å². The first-order valence-electron chi connectivity index (χ1n) is 4.09. The highest BCUT2D eigenvalue weighted by Crippen LogP contribution is 2.39. The molecule has 2 atom stereocenters. The van der Waals surface area contributed by atoms with Crippen LogP contribution in [0.1, 0.15) is 27.2 Å². The fraction of sp³-hybridized carbons (Fsp3) is 0.778. The lowest BCUT2D eigenvalue weighted by atomic mass is 10.2. The van der Waals surface area contributed by atoms with E-state index in [1.165, 1.54) is 0 Å². The molecule has 1 saturated carbocycles. The Balaban J connectivity index is 2.30. The molecule has 1 fully saturated rings. The van der Waals surface area contributed by atoms with Gasteiger partial charge in [0.05, 0.1) is 11.7 Å². The standard InChI is InChI=1S/C9H14Cl2O/c1-9(2,3)12-7-4-6(7)5-8(10)11/h5-7H,4H2,1-3H3/t6-,7-/m0/s1. The third-order valence-corrected chi connectivity index (χ3v) is 1.88. The van der Waals surface area contributed by atoms with Gasteiger partial charge in [0.2, 0.25) is 0 Å². The highest BCUT2D eigenvalue weighted by molar-refractivity contribution is 6.55. The van der Waals surface area contributed by atoms with Crippen molar-refractivity contribution in [3.05, 3.63) is 10.6 Å². The molecule has 0 heterocycles. The zero-order valence-corrected chi connectivity index (χ0v) is 9.12. The number of halogens is 2. The first-order chi connectivity index (χ1) is 5.38. The minimum Gasteiger partial charge on any atom is -0.372 e. The van der Waals surface area contributed by atoms with E-state index in [-0.39, 0.29) is 5.60 Å². The molecule has 0 amide bonds. The van der Waals surface area contributed by atoms with Gasteiger partial charge in [-0.25, -0.2) is 0 Å². The summed E-state index contributed by atoms with van der Waals surface area (Å²) in [6.45, 7) is 6.15. The molecule has 12 heavy (non-hydrogen) atoms. The molecule has 1 aliphatic rings. The van der Waals surface area contributed by atoms with Crippen molar-refractivity contribution in [2.45, 2.75) is 38.9 Å². The maximum Gasteiger partial charge on any atom is 0.103 e. The number of ether oxygens (including phenoxy) is 1. The molecule has 1 rings (SSSR count). The van der Waals surface area contributed by atoms with E-state index in [0.29, 0.717) is 16.5 Å². The second-order valence-electron chi connectivity index (χ2n) is 4.12. The minimum atomic E-state index is -0.0634. The van der Waals surface area contributed by atoms with Gasteiger partial charge in [-0.2, -0.15) is 0 Å². The number of hydrogen-bond donors (Lipinski definition) is 0. The van der Waals surface area contributed by atoms with Crippen LogP contribution < -0.4 is 0 Å². The molecule has 1 aliphatic carbocycles. The summed E-state index contributed by atoms with van der Waals surface area (Å²) < 4.78 is 6.05. The fourth-order valence-corrected chi connectivity index (χ4v) is 1.44. The Kier molecular flexibility index (Phi) is 3.08. The predicted octanol–water partition coefficient (Wildman–Crippen LogP) is 3.51. The SMILES string of the molecule is CC(C)(C)O[C@H]1C[C@H]1C=C(Cl)Cl. The molecule has 0 bridgehead atoms. The van der Waals surface area contributed by atoms with Crippen LogP contribution in [0.4, 0.5) is 0 Å². The van der Waals surface area contributed by atoms with Gasteiger partial charge in [0, 0.05) is 5.92 Å². The Morgan fingerprint density at radius 3 is 2.42 bits per heavy atom. The summed E-state index contributed by atoms with van der Waals surface area (Å²) in [6, 6.07) is 0. The molecule has 0 spiro atoms. The van der Waals surface area contributed by atoms with Crippen LogP contribution in [0, 0.1) is 5.92 Å². The summed E-state index contributed by atoms with van der Waals surface area (Å²) in [7, 11) is 0. The van der Waals surface area contributed by atoms with Crippen molar-refractivity contribution in [2.75, 3.05) is 0 Å². The van der Waals surface area contributed by atoms with Crippen LogP contribution in [0.5, 0.6) is 0 Å². The van der Waals surface area contributed by atoms with E-state index in [2.05, 4.69) is 0 Å². The minimum absolute atomic E-state index is 0.0634. The van der Waals surface area contributed by atoms with Crippen LogP contribution >= 0.6 is 23.2 Å². The highest BCUT2D eigenvalue weighted by atomic mass is 35.5. The van der Waals surface area contributed by atoms with Gasteiger partial charge >= 0.3 is 0 Å². The van der Waals surface area contributed by atoms with E-state index in [1.807, 2.05) is 26.8 Å². The summed E-state index contributed by atoms with van der Waals surface area (Å²) in [5.41, 5.74) is -0.0634. The van der Waals surface area contributed by atoms with Crippen molar-refractivity contribution in [1.82, 2.24) is 0 Å². The topological polar surface area (TPSA) is 9.23 Å². The Bertz CT molecular complexity index is 189. The Labute approximate surface area is 83.7 Å². The van der Waals surface area contributed by atoms with Gasteiger partial charge in [-0.3, -0.25) is 0 Å². The number of rotatable bonds is 2. The Morgan fingerprint density at radius 2 is 2.00 bits per heavy atom. The molecule has 3 heteroatoms. The quantitative estimate of drug-likeness (QED) is 0.676. The fourth-order valence-electron chi connectivity index (χ4n) is 1.12. The molecule has 0 aromatic heterocycles. The molecule has 0 saturated heterocycles. The monoisotopic (exact) mass is 208 g/mol. The van der Waals surface area contributed by atoms with E-state index in [0.717, 1.165) is 6.42 Å². The van der Waals surface area contributed by atoms with Crippen LogP contribution in [-0.2, 0) is 4.74 Å². The first-order valence-corrected chi connectivity index (χ1v) is 4.85. The van der Waals surface area contributed by atoms with E-state index in [4.69, 9.17) is 27.9 Å². The van der Waals surface area contributed by atoms with Gasteiger partial charge in [0.25, 0.3) is 0 Å². The molecule has 0 radical (unpaired) electrons. The van der Waals surface area contributed by atoms with Crippen LogP contribution in [0.2, 0.25) is 0 Å². The molecule has 1 nitrogen and oxygen atoms in total. The lowest BCUT2D eigenvalue weighted by molar-refractivity contribution is -0.0192. The smallest absolute Gasteiger partial charge is 0.103 e. The average molecular weight is 209 g/mol. The van der Waals surface area contributed by atoms with Gasteiger partial charge in [-0.15, -0.1) is 0 Å². The molecule has 0 unspecified atom stereocenters. The summed E-state index contributed by atoms with van der Waals surface area (Å²) in [4.78, 5) is 0. The maximum atomic E-state index is 5.70. The van der Waals surface area contributed by atoms with Gasteiger partial charge in [0.1, 0.15) is 4.49 Å². The molecular weight excluding hydrogens is 195 g/mol. The van der Waals surface area contributed by atoms with Crippen LogP contribution in [0.15, 0.2) is 10.6 Å². The molecule has 0 aromatic rings. The Morgan fingerprint density at radius 1 is 1.42 bits per heavy atom. The average Bonchev–Trinajstić information content (AvgIpc) is 2.40. The van der Waals surface area contributed by atoms with Crippen molar-refractivity contribution in [3.8, 4) is 0 Å². The van der Waals surface area contributed by atoms with Gasteiger partial charge in [-0.1, -0.05) is 23.2 Å². The summed E-state index contributed by atoms with van der Waals surface area (Å²) in [5.74, 6) is 0.425. The highest BCUT2D eigenvalue weighted by Gasteiger charge is 2.39. The van der Waals surface area contributed by atoms with E-state index < -0.39 is 0 Å². The maximum absolute atomic E-state index is 5.70. The zero-order valence-electron chi connectivity index (χ0n) is 7.60. The second kappa shape index (κ2) is 3.57. The summed E-state index contributed by atoms with van der Waals surface area (Å²) in [6.07, 6.45) is 3.21. The van der Waals surface area contributed by atoms with Crippen molar-refractivity contribution in [1.29, 1.82) is 0 Å². The normalized spacial score (nSPS) is 28.4. The third kappa shape index (κ3) is 3.79. The van der Waals surface area contributed by atoms with Crippen molar-refractivity contribution >= 4 is 23.2 Å². The van der Waals surface area contributed by atoms with Gasteiger partial charge < -0.3 is 4.74 Å². The molecule has 70 valence electrons. The van der Waals surface area contributed by atoms with Crippen LogP contribution in [0.25, 0.3) is 0 Å². The van der Waals surface area contributed by atoms with E-state index in [1.54, 1.807) is 0 Å². The molecule has 0 aromatic carbocycles. The molecule has 0 N–H and O–H groups in total. The van der Waals surface area contributed by atoms with E-state index in [9.17, 15) is 0 Å². The predicted molar refractivity (Wildman–Crippen MR) is 52.5 cm³/mol. The third-order valence-electron chi connectivity index (χ3n) is 1.62. The van der Waals surface area contributed by atoms with Gasteiger partial charge in [0.15, 0.2) is 0 Å². The van der Waals surface area contributed by atoms with Crippen molar-refractivity contribution in [2.24, 2.45) is 5.92 Å². The first kappa shape index (κ1) is 10.4. The lowest BCUT2D eigenvalue weighted by Crippen LogP contribution is -2.20. The van der Waals surface area contributed by atoms with Crippen LogP contribution in [-0.4, -0.2) is 11.7 Å². The largest absolute Gasteiger partial charge is 0.372 e. The Hall–Kier alpha value is 0.280. The van der Waals surface area contributed by atoms with Crippen molar-refractivity contribution in [3.63, 3.8) is 0 Å². The number of hydrogen-bond acceptors (Lipinski definition) is 1. The zero-order chi connectivity index (χ0) is 9.35. The molecular formula is C9H14Cl2O. The van der Waals surface area contributed by atoms with Crippen molar-refractivity contribution < 1.29 is 4.74 Å². The van der Waals surface area contributed by atoms with Gasteiger partial charge in [-0.05, 0) is 33.3 Å². The summed E-state index contributed by atoms with van der Waals surface area (Å²) in [5, 5.41) is 0. The summed E-state index contributed by atoms with van der Waals surface area (Å²) >= 11 is 11.0.